The number of hydrogen-bond donors (Lipinski definition) is 4. The standard InChI is InChI=1S/C13H23N4O3.2CH4.B.Y/c1-10(7-14-2)11(6-12(19)16-4-5-18)8-17-13(20)9-15-3;;;;/h11,14-15H,1,4,6-9H2,2-3H3,(H,16,19)(H,17,20);2*1H4;;/q-1;;;;. The Labute approximate surface area is 174 Å². The molecule has 0 spiro atoms. The van der Waals surface area contributed by atoms with Crippen LogP contribution in [0.4, 0.5) is 0 Å². The van der Waals surface area contributed by atoms with Crippen molar-refractivity contribution < 1.29 is 47.1 Å². The van der Waals surface area contributed by atoms with Crippen molar-refractivity contribution in [2.24, 2.45) is 5.92 Å². The second-order valence-electron chi connectivity index (χ2n) is 4.35. The molecule has 4 N–H and O–H groups in total. The van der Waals surface area contributed by atoms with Gasteiger partial charge in [0, 0.05) is 66.6 Å². The first-order chi connectivity index (χ1) is 9.54. The Morgan fingerprint density at radius 3 is 2.04 bits per heavy atom. The summed E-state index contributed by atoms with van der Waals surface area (Å²) in [6.07, 6.45) is 1.77. The Hall–Kier alpha value is -0.561. The van der Waals surface area contributed by atoms with Gasteiger partial charge in [0.25, 0.3) is 0 Å². The van der Waals surface area contributed by atoms with Gasteiger partial charge in [0.15, 0.2) is 0 Å². The largest absolute Gasteiger partial charge is 0.540 e. The first-order valence-corrected chi connectivity index (χ1v) is 6.40. The van der Waals surface area contributed by atoms with Gasteiger partial charge in [0.1, 0.15) is 0 Å². The molecule has 0 aromatic rings. The van der Waals surface area contributed by atoms with E-state index in [0.29, 0.717) is 13.1 Å². The van der Waals surface area contributed by atoms with Crippen molar-refractivity contribution in [3.05, 3.63) is 12.2 Å². The number of amides is 2. The summed E-state index contributed by atoms with van der Waals surface area (Å²) in [5.41, 5.74) is 0.822. The fourth-order valence-corrected chi connectivity index (χ4v) is 1.62. The molecule has 0 heterocycles. The molecule has 1 unspecified atom stereocenters. The van der Waals surface area contributed by atoms with E-state index in [1.165, 1.54) is 0 Å². The average Bonchev–Trinajstić information content (AvgIpc) is 2.41. The Morgan fingerprint density at radius 2 is 1.58 bits per heavy atom. The summed E-state index contributed by atoms with van der Waals surface area (Å²) in [5.74, 6) is -0.593. The molecular weight excluding hydrogens is 384 g/mol. The van der Waals surface area contributed by atoms with Gasteiger partial charge in [-0.25, -0.2) is 6.29 Å². The third kappa shape index (κ3) is 17.8. The molecule has 24 heavy (non-hydrogen) atoms. The predicted octanol–water partition coefficient (Wildman–Crippen LogP) is -0.781. The summed E-state index contributed by atoms with van der Waals surface area (Å²) >= 11 is 0. The van der Waals surface area contributed by atoms with E-state index in [2.05, 4.69) is 27.8 Å². The smallest absolute Gasteiger partial charge is 0.233 e. The maximum absolute atomic E-state index is 11.6. The Morgan fingerprint density at radius 1 is 1.04 bits per heavy atom. The molecule has 0 aromatic heterocycles. The minimum Gasteiger partial charge on any atom is -0.540 e. The number of rotatable bonds is 11. The molecule has 0 aliphatic carbocycles. The Bertz CT molecular complexity index is 358. The van der Waals surface area contributed by atoms with Crippen LogP contribution in [0.1, 0.15) is 21.3 Å². The molecule has 2 amide bonds. The van der Waals surface area contributed by atoms with Crippen LogP contribution in [-0.2, 0) is 47.1 Å². The van der Waals surface area contributed by atoms with Crippen molar-refractivity contribution in [1.82, 2.24) is 21.3 Å². The van der Waals surface area contributed by atoms with E-state index in [4.69, 9.17) is 0 Å². The molecule has 0 saturated heterocycles. The van der Waals surface area contributed by atoms with Gasteiger partial charge in [-0.05, 0) is 14.1 Å². The van der Waals surface area contributed by atoms with Gasteiger partial charge in [-0.3, -0.25) is 9.59 Å². The van der Waals surface area contributed by atoms with Crippen molar-refractivity contribution in [3.63, 3.8) is 0 Å². The number of carbonyl (C=O) groups is 2. The molecule has 0 bridgehead atoms. The van der Waals surface area contributed by atoms with E-state index in [1.54, 1.807) is 20.4 Å². The Balaban J connectivity index is -0.000000301. The molecular formula is C15H31BN4O3Y-. The quantitative estimate of drug-likeness (QED) is 0.202. The SMILES string of the molecule is C.C.C=C(CNC)C(CNC(=O)CNC)CC(=O)NC[C-]=O.[B].[Y]. The second-order valence-corrected chi connectivity index (χ2v) is 4.35. The van der Waals surface area contributed by atoms with Crippen molar-refractivity contribution in [3.8, 4) is 0 Å². The topological polar surface area (TPSA) is 99.3 Å². The van der Waals surface area contributed by atoms with E-state index in [0.717, 1.165) is 5.57 Å². The summed E-state index contributed by atoms with van der Waals surface area (Å²) in [7, 11) is 3.46. The van der Waals surface area contributed by atoms with Crippen LogP contribution in [0.5, 0.6) is 0 Å². The van der Waals surface area contributed by atoms with Crippen LogP contribution in [0.2, 0.25) is 0 Å². The van der Waals surface area contributed by atoms with E-state index >= 15 is 0 Å². The summed E-state index contributed by atoms with van der Waals surface area (Å²) in [5, 5.41) is 10.9. The van der Waals surface area contributed by atoms with Gasteiger partial charge in [0.05, 0.1) is 6.54 Å². The van der Waals surface area contributed by atoms with Crippen LogP contribution in [0, 0.1) is 5.92 Å². The summed E-state index contributed by atoms with van der Waals surface area (Å²) in [4.78, 5) is 33.1. The summed E-state index contributed by atoms with van der Waals surface area (Å²) in [6, 6.07) is 0. The number of likely N-dealkylation sites (N-methyl/N-ethyl adjacent to an activating group) is 2. The van der Waals surface area contributed by atoms with Gasteiger partial charge >= 0.3 is 0 Å². The van der Waals surface area contributed by atoms with Crippen molar-refractivity contribution in [2.45, 2.75) is 21.3 Å². The van der Waals surface area contributed by atoms with E-state index in [-0.39, 0.29) is 93.2 Å². The predicted molar refractivity (Wildman–Crippen MR) is 96.0 cm³/mol. The summed E-state index contributed by atoms with van der Waals surface area (Å²) < 4.78 is 0. The molecule has 0 saturated carbocycles. The fraction of sp³-hybridized carbons (Fsp3) is 0.667. The second kappa shape index (κ2) is 22.4. The maximum Gasteiger partial charge on any atom is 0.233 e. The molecule has 1 atom stereocenters. The third-order valence-electron chi connectivity index (χ3n) is 2.65. The number of hydrogen-bond acceptors (Lipinski definition) is 5. The first-order valence-electron chi connectivity index (χ1n) is 6.40. The maximum atomic E-state index is 11.6. The molecule has 0 rings (SSSR count). The minimum absolute atomic E-state index is 0. The zero-order valence-electron chi connectivity index (χ0n) is 13.2. The van der Waals surface area contributed by atoms with Gasteiger partial charge in [0.2, 0.25) is 11.8 Å². The molecule has 0 aromatic carbocycles. The minimum atomic E-state index is -0.265. The molecule has 0 aliphatic heterocycles. The molecule has 0 fully saturated rings. The number of carbonyl (C=O) groups excluding carboxylic acids is 3. The summed E-state index contributed by atoms with van der Waals surface area (Å²) in [6.45, 7) is 4.89. The molecule has 9 heteroatoms. The van der Waals surface area contributed by atoms with Gasteiger partial charge in [-0.1, -0.05) is 33.6 Å². The zero-order valence-corrected chi connectivity index (χ0v) is 16.0. The van der Waals surface area contributed by atoms with Crippen LogP contribution in [-0.4, -0.2) is 66.8 Å². The van der Waals surface area contributed by atoms with Crippen LogP contribution < -0.4 is 21.3 Å². The first kappa shape index (κ1) is 34.7. The number of nitrogens with one attached hydrogen (secondary N) is 4. The van der Waals surface area contributed by atoms with Crippen LogP contribution >= 0.6 is 0 Å². The van der Waals surface area contributed by atoms with Crippen molar-refractivity contribution in [1.29, 1.82) is 0 Å². The molecule has 4 radical (unpaired) electrons. The van der Waals surface area contributed by atoms with Crippen molar-refractivity contribution in [2.75, 3.05) is 40.3 Å². The monoisotopic (exact) mass is 415 g/mol. The average molecular weight is 415 g/mol. The van der Waals surface area contributed by atoms with E-state index in [9.17, 15) is 14.4 Å². The van der Waals surface area contributed by atoms with E-state index < -0.39 is 0 Å². The van der Waals surface area contributed by atoms with Crippen LogP contribution in [0.3, 0.4) is 0 Å². The van der Waals surface area contributed by atoms with Gasteiger partial charge in [-0.2, -0.15) is 0 Å². The fourth-order valence-electron chi connectivity index (χ4n) is 1.62. The van der Waals surface area contributed by atoms with Crippen LogP contribution in [0.15, 0.2) is 12.2 Å². The van der Waals surface area contributed by atoms with Gasteiger partial charge < -0.3 is 26.1 Å². The molecule has 7 nitrogen and oxygen atoms in total. The normalized spacial score (nSPS) is 9.58. The Kier molecular flexibility index (Phi) is 32.5. The van der Waals surface area contributed by atoms with Crippen LogP contribution in [0.25, 0.3) is 0 Å². The third-order valence-corrected chi connectivity index (χ3v) is 2.65. The van der Waals surface area contributed by atoms with E-state index in [1.807, 2.05) is 0 Å². The molecule has 136 valence electrons. The van der Waals surface area contributed by atoms with Gasteiger partial charge in [-0.15, -0.1) is 0 Å². The molecule has 0 aliphatic rings. The van der Waals surface area contributed by atoms with Crippen molar-refractivity contribution >= 4 is 26.5 Å². The zero-order chi connectivity index (χ0) is 15.4.